The summed E-state index contributed by atoms with van der Waals surface area (Å²) in [5, 5.41) is 19.3. The van der Waals surface area contributed by atoms with Crippen LogP contribution in [0.5, 0.6) is 5.75 Å². The van der Waals surface area contributed by atoms with Crippen LogP contribution in [0.2, 0.25) is 0 Å². The number of piperidine rings is 1. The Bertz CT molecular complexity index is 437. The minimum absolute atomic E-state index is 0.00492. The molecule has 0 amide bonds. The summed E-state index contributed by atoms with van der Waals surface area (Å²) in [6.07, 6.45) is 1.35. The summed E-state index contributed by atoms with van der Waals surface area (Å²) in [6.45, 7) is 3.79. The Kier molecular flexibility index (Phi) is 3.99. The molecule has 1 aliphatic rings. The second-order valence-electron chi connectivity index (χ2n) is 4.91. The van der Waals surface area contributed by atoms with E-state index in [-0.39, 0.29) is 17.6 Å². The molecule has 1 aliphatic heterocycles. The van der Waals surface area contributed by atoms with E-state index in [4.69, 9.17) is 0 Å². The van der Waals surface area contributed by atoms with Crippen molar-refractivity contribution < 1.29 is 15.0 Å². The highest BCUT2D eigenvalue weighted by Gasteiger charge is 2.18. The molecule has 0 bridgehead atoms. The number of likely N-dealkylation sites (tertiary alicyclic amines) is 1. The van der Waals surface area contributed by atoms with E-state index >= 15 is 0 Å². The fraction of sp³-hybridized carbons (Fsp3) is 0.500. The zero-order valence-electron chi connectivity index (χ0n) is 10.6. The number of carbonyl (C=O) groups is 1. The van der Waals surface area contributed by atoms with Gasteiger partial charge in [-0.1, -0.05) is 0 Å². The number of hydrogen-bond donors (Lipinski definition) is 2. The van der Waals surface area contributed by atoms with E-state index < -0.39 is 0 Å². The van der Waals surface area contributed by atoms with Crippen molar-refractivity contribution in [3.05, 3.63) is 29.3 Å². The van der Waals surface area contributed by atoms with Crippen LogP contribution in [0, 0.1) is 0 Å². The number of phenolic OH excluding ortho intramolecular Hbond substituents is 1. The summed E-state index contributed by atoms with van der Waals surface area (Å²) >= 11 is 0. The Hall–Kier alpha value is -1.39. The Morgan fingerprint density at radius 1 is 1.39 bits per heavy atom. The summed E-state index contributed by atoms with van der Waals surface area (Å²) in [7, 11) is 0. The van der Waals surface area contributed by atoms with Crippen LogP contribution in [0.1, 0.15) is 35.7 Å². The Morgan fingerprint density at radius 3 is 2.67 bits per heavy atom. The molecule has 1 fully saturated rings. The number of nitrogens with zero attached hydrogens (tertiary/aromatic N) is 1. The SMILES string of the molecule is CC(=O)c1ccc(O)c(CN2CCC(O)CC2)c1. The van der Waals surface area contributed by atoms with Gasteiger partial charge in [0.2, 0.25) is 0 Å². The summed E-state index contributed by atoms with van der Waals surface area (Å²) in [4.78, 5) is 13.5. The standard InChI is InChI=1S/C14H19NO3/c1-10(16)11-2-3-14(18)12(8-11)9-15-6-4-13(17)5-7-15/h2-3,8,13,17-18H,4-7,9H2,1H3. The Morgan fingerprint density at radius 2 is 2.06 bits per heavy atom. The van der Waals surface area contributed by atoms with E-state index in [1.54, 1.807) is 18.2 Å². The topological polar surface area (TPSA) is 60.8 Å². The highest BCUT2D eigenvalue weighted by atomic mass is 16.3. The molecule has 1 saturated heterocycles. The zero-order chi connectivity index (χ0) is 13.1. The van der Waals surface area contributed by atoms with Crippen molar-refractivity contribution in [2.45, 2.75) is 32.4 Å². The maximum atomic E-state index is 11.3. The number of aromatic hydroxyl groups is 1. The van der Waals surface area contributed by atoms with Gasteiger partial charge in [0.25, 0.3) is 0 Å². The average molecular weight is 249 g/mol. The molecule has 0 radical (unpaired) electrons. The van der Waals surface area contributed by atoms with Crippen LogP contribution in [0.3, 0.4) is 0 Å². The molecule has 1 heterocycles. The first-order valence-corrected chi connectivity index (χ1v) is 6.29. The molecule has 0 spiro atoms. The lowest BCUT2D eigenvalue weighted by Crippen LogP contribution is -2.35. The van der Waals surface area contributed by atoms with Gasteiger partial charge in [-0.05, 0) is 38.0 Å². The first kappa shape index (κ1) is 13.1. The molecule has 1 aromatic carbocycles. The average Bonchev–Trinajstić information content (AvgIpc) is 2.34. The number of phenols is 1. The maximum Gasteiger partial charge on any atom is 0.159 e. The Labute approximate surface area is 107 Å². The van der Waals surface area contributed by atoms with E-state index in [0.717, 1.165) is 31.5 Å². The molecule has 4 nitrogen and oxygen atoms in total. The highest BCUT2D eigenvalue weighted by Crippen LogP contribution is 2.22. The first-order chi connectivity index (χ1) is 8.56. The molecule has 0 atom stereocenters. The van der Waals surface area contributed by atoms with Gasteiger partial charge in [-0.15, -0.1) is 0 Å². The molecule has 0 saturated carbocycles. The van der Waals surface area contributed by atoms with Crippen LogP contribution in [0.15, 0.2) is 18.2 Å². The van der Waals surface area contributed by atoms with Crippen molar-refractivity contribution >= 4 is 5.78 Å². The fourth-order valence-corrected chi connectivity index (χ4v) is 2.25. The van der Waals surface area contributed by atoms with E-state index in [9.17, 15) is 15.0 Å². The summed E-state index contributed by atoms with van der Waals surface area (Å²) < 4.78 is 0. The Balaban J connectivity index is 2.08. The maximum absolute atomic E-state index is 11.3. The third-order valence-corrected chi connectivity index (χ3v) is 3.44. The zero-order valence-corrected chi connectivity index (χ0v) is 10.6. The van der Waals surface area contributed by atoms with Gasteiger partial charge in [0, 0.05) is 30.8 Å². The molecular formula is C14H19NO3. The molecule has 4 heteroatoms. The number of aliphatic hydroxyl groups is 1. The van der Waals surface area contributed by atoms with Crippen molar-refractivity contribution in [3.63, 3.8) is 0 Å². The van der Waals surface area contributed by atoms with Crippen LogP contribution in [-0.4, -0.2) is 40.1 Å². The number of carbonyl (C=O) groups excluding carboxylic acids is 1. The van der Waals surface area contributed by atoms with Gasteiger partial charge in [0.15, 0.2) is 5.78 Å². The van der Waals surface area contributed by atoms with E-state index in [2.05, 4.69) is 4.90 Å². The van der Waals surface area contributed by atoms with Crippen molar-refractivity contribution in [1.29, 1.82) is 0 Å². The lowest BCUT2D eigenvalue weighted by atomic mass is 10.0. The lowest BCUT2D eigenvalue weighted by Gasteiger charge is -2.29. The molecule has 2 rings (SSSR count). The number of benzene rings is 1. The van der Waals surface area contributed by atoms with E-state index in [1.807, 2.05) is 0 Å². The molecule has 0 aromatic heterocycles. The van der Waals surface area contributed by atoms with Gasteiger partial charge in [-0.2, -0.15) is 0 Å². The largest absolute Gasteiger partial charge is 0.508 e. The number of hydrogen-bond acceptors (Lipinski definition) is 4. The van der Waals surface area contributed by atoms with E-state index in [0.29, 0.717) is 12.1 Å². The fourth-order valence-electron chi connectivity index (χ4n) is 2.25. The number of ketones is 1. The van der Waals surface area contributed by atoms with Gasteiger partial charge in [-0.25, -0.2) is 0 Å². The van der Waals surface area contributed by atoms with E-state index in [1.165, 1.54) is 6.92 Å². The quantitative estimate of drug-likeness (QED) is 0.798. The highest BCUT2D eigenvalue weighted by molar-refractivity contribution is 5.94. The van der Waals surface area contributed by atoms with Crippen molar-refractivity contribution in [2.75, 3.05) is 13.1 Å². The van der Waals surface area contributed by atoms with Gasteiger partial charge in [0.05, 0.1) is 6.10 Å². The first-order valence-electron chi connectivity index (χ1n) is 6.29. The number of rotatable bonds is 3. The van der Waals surface area contributed by atoms with Gasteiger partial charge in [-0.3, -0.25) is 9.69 Å². The second-order valence-corrected chi connectivity index (χ2v) is 4.91. The van der Waals surface area contributed by atoms with Crippen LogP contribution in [0.4, 0.5) is 0 Å². The molecule has 98 valence electrons. The van der Waals surface area contributed by atoms with Crippen molar-refractivity contribution in [3.8, 4) is 5.75 Å². The van der Waals surface area contributed by atoms with Crippen LogP contribution in [0.25, 0.3) is 0 Å². The summed E-state index contributed by atoms with van der Waals surface area (Å²) in [5.74, 6) is 0.233. The second kappa shape index (κ2) is 5.50. The third kappa shape index (κ3) is 3.09. The molecular weight excluding hydrogens is 230 g/mol. The number of Topliss-reactive ketones (excluding diaryl/α,β-unsaturated/α-hetero) is 1. The molecule has 0 aliphatic carbocycles. The number of aliphatic hydroxyl groups excluding tert-OH is 1. The summed E-state index contributed by atoms with van der Waals surface area (Å²) in [6, 6.07) is 4.97. The minimum atomic E-state index is -0.196. The molecule has 18 heavy (non-hydrogen) atoms. The predicted octanol–water partition coefficient (Wildman–Crippen LogP) is 1.55. The van der Waals surface area contributed by atoms with Crippen LogP contribution < -0.4 is 0 Å². The van der Waals surface area contributed by atoms with Crippen LogP contribution in [-0.2, 0) is 6.54 Å². The van der Waals surface area contributed by atoms with Crippen molar-refractivity contribution in [1.82, 2.24) is 4.90 Å². The summed E-state index contributed by atoms with van der Waals surface area (Å²) in [5.41, 5.74) is 1.40. The van der Waals surface area contributed by atoms with Gasteiger partial charge in [0.1, 0.15) is 5.75 Å². The minimum Gasteiger partial charge on any atom is -0.508 e. The monoisotopic (exact) mass is 249 g/mol. The third-order valence-electron chi connectivity index (χ3n) is 3.44. The smallest absolute Gasteiger partial charge is 0.159 e. The van der Waals surface area contributed by atoms with Gasteiger partial charge < -0.3 is 10.2 Å². The molecule has 0 unspecified atom stereocenters. The molecule has 2 N–H and O–H groups in total. The van der Waals surface area contributed by atoms with Gasteiger partial charge >= 0.3 is 0 Å². The molecule has 1 aromatic rings. The van der Waals surface area contributed by atoms with Crippen LogP contribution >= 0.6 is 0 Å². The predicted molar refractivity (Wildman–Crippen MR) is 68.6 cm³/mol. The normalized spacial score (nSPS) is 17.9. The van der Waals surface area contributed by atoms with Crippen molar-refractivity contribution in [2.24, 2.45) is 0 Å². The lowest BCUT2D eigenvalue weighted by molar-refractivity contribution is 0.0789.